The second kappa shape index (κ2) is 7.09. The Morgan fingerprint density at radius 3 is 2.26 bits per heavy atom. The van der Waals surface area contributed by atoms with Gasteiger partial charge in [0.1, 0.15) is 0 Å². The molecule has 1 aliphatic heterocycles. The molecule has 2 heterocycles. The van der Waals surface area contributed by atoms with E-state index in [9.17, 15) is 15.0 Å². The zero-order chi connectivity index (χ0) is 19.1. The van der Waals surface area contributed by atoms with Crippen LogP contribution in [0, 0.1) is 11.8 Å². The van der Waals surface area contributed by atoms with E-state index in [-0.39, 0.29) is 17.7 Å². The number of aliphatic hydroxyl groups is 2. The maximum atomic E-state index is 12.9. The van der Waals surface area contributed by atoms with Gasteiger partial charge in [0.05, 0.1) is 18.4 Å². The lowest BCUT2D eigenvalue weighted by Crippen LogP contribution is -2.38. The van der Waals surface area contributed by atoms with Gasteiger partial charge in [-0.1, -0.05) is 19.1 Å². The van der Waals surface area contributed by atoms with Crippen LogP contribution in [0.1, 0.15) is 35.8 Å². The quantitative estimate of drug-likeness (QED) is 0.866. The number of benzene rings is 1. The number of amides is 1. The molecule has 2 aromatic rings. The average molecular weight is 369 g/mol. The molecule has 1 saturated heterocycles. The van der Waals surface area contributed by atoms with Gasteiger partial charge in [0.25, 0.3) is 5.91 Å². The molecule has 1 saturated carbocycles. The molecule has 144 valence electrons. The molecule has 2 aliphatic rings. The van der Waals surface area contributed by atoms with Gasteiger partial charge in [-0.05, 0) is 48.8 Å². The summed E-state index contributed by atoms with van der Waals surface area (Å²) in [5.41, 5.74) is 4.03. The van der Waals surface area contributed by atoms with Gasteiger partial charge in [0, 0.05) is 37.0 Å². The zero-order valence-electron chi connectivity index (χ0n) is 15.9. The maximum absolute atomic E-state index is 12.9. The fourth-order valence-electron chi connectivity index (χ4n) is 4.67. The van der Waals surface area contributed by atoms with Gasteiger partial charge in [0.2, 0.25) is 0 Å². The summed E-state index contributed by atoms with van der Waals surface area (Å²) in [7, 11) is 1.95. The highest BCUT2D eigenvalue weighted by atomic mass is 16.3. The number of hydrogen-bond acceptors (Lipinski definition) is 4. The first kappa shape index (κ1) is 18.2. The molecule has 1 aromatic carbocycles. The number of aromatic nitrogens is 2. The van der Waals surface area contributed by atoms with Crippen molar-refractivity contribution in [2.75, 3.05) is 13.1 Å². The minimum absolute atomic E-state index is 0.0295. The van der Waals surface area contributed by atoms with Crippen LogP contribution < -0.4 is 0 Å². The number of nitrogens with zero attached hydrogens (tertiary/aromatic N) is 3. The fraction of sp³-hybridized carbons (Fsp3) is 0.524. The van der Waals surface area contributed by atoms with Crippen LogP contribution in [-0.4, -0.2) is 56.1 Å². The van der Waals surface area contributed by atoms with Crippen LogP contribution in [0.2, 0.25) is 0 Å². The van der Waals surface area contributed by atoms with Gasteiger partial charge in [-0.25, -0.2) is 0 Å². The van der Waals surface area contributed by atoms with E-state index in [4.69, 9.17) is 0 Å². The molecule has 2 N–H and O–H groups in total. The Morgan fingerprint density at radius 2 is 1.70 bits per heavy atom. The molecule has 4 atom stereocenters. The molecule has 6 nitrogen and oxygen atoms in total. The van der Waals surface area contributed by atoms with Gasteiger partial charge < -0.3 is 15.1 Å². The van der Waals surface area contributed by atoms with Gasteiger partial charge in [-0.15, -0.1) is 0 Å². The topological polar surface area (TPSA) is 78.6 Å². The Hall–Kier alpha value is -2.18. The van der Waals surface area contributed by atoms with E-state index in [2.05, 4.69) is 12.0 Å². The summed E-state index contributed by atoms with van der Waals surface area (Å²) in [5, 5.41) is 24.1. The fourth-order valence-corrected chi connectivity index (χ4v) is 4.67. The summed E-state index contributed by atoms with van der Waals surface area (Å²) in [6.45, 7) is 3.44. The Morgan fingerprint density at radius 1 is 1.11 bits per heavy atom. The molecule has 1 amide bonds. The van der Waals surface area contributed by atoms with Crippen molar-refractivity contribution in [3.05, 3.63) is 41.7 Å². The van der Waals surface area contributed by atoms with Gasteiger partial charge in [-0.2, -0.15) is 5.10 Å². The van der Waals surface area contributed by atoms with Crippen LogP contribution in [0.4, 0.5) is 0 Å². The number of carbonyl (C=O) groups is 1. The predicted octanol–water partition coefficient (Wildman–Crippen LogP) is 1.85. The third-order valence-corrected chi connectivity index (χ3v) is 6.24. The number of aliphatic hydroxyl groups excluding tert-OH is 2. The van der Waals surface area contributed by atoms with E-state index in [1.54, 1.807) is 0 Å². The molecular weight excluding hydrogens is 342 g/mol. The van der Waals surface area contributed by atoms with E-state index in [1.165, 1.54) is 5.69 Å². The van der Waals surface area contributed by atoms with Crippen LogP contribution in [0.25, 0.3) is 11.1 Å². The Labute approximate surface area is 159 Å². The van der Waals surface area contributed by atoms with Crippen LogP contribution in [0.15, 0.2) is 30.5 Å². The summed E-state index contributed by atoms with van der Waals surface area (Å²) in [6.07, 6.45) is 2.61. The number of likely N-dealkylation sites (tertiary alicyclic amines) is 1. The summed E-state index contributed by atoms with van der Waals surface area (Å²) in [4.78, 5) is 14.8. The molecule has 27 heavy (non-hydrogen) atoms. The Bertz CT molecular complexity index is 812. The standard InChI is InChI=1S/C21H27N3O3/c1-3-18-17(10-22-23(18)2)13-4-6-14(7-5-13)21(27)24-11-15-8-19(25)20(26)9-16(15)12-24/h4-7,10,15-16,19-20,25-26H,3,8-9,11-12H2,1-2H3. The normalized spacial score (nSPS) is 27.6. The summed E-state index contributed by atoms with van der Waals surface area (Å²) in [5.74, 6) is 0.602. The highest BCUT2D eigenvalue weighted by Crippen LogP contribution is 2.37. The third-order valence-electron chi connectivity index (χ3n) is 6.24. The number of carbonyl (C=O) groups excluding carboxylic acids is 1. The highest BCUT2D eigenvalue weighted by molar-refractivity contribution is 5.95. The second-order valence-corrected chi connectivity index (χ2v) is 7.90. The monoisotopic (exact) mass is 369 g/mol. The number of hydrogen-bond donors (Lipinski definition) is 2. The van der Waals surface area contributed by atoms with E-state index in [1.807, 2.05) is 47.1 Å². The lowest BCUT2D eigenvalue weighted by atomic mass is 9.79. The van der Waals surface area contributed by atoms with Crippen LogP contribution in [-0.2, 0) is 13.5 Å². The van der Waals surface area contributed by atoms with E-state index in [0.29, 0.717) is 31.5 Å². The van der Waals surface area contributed by atoms with Crippen molar-refractivity contribution in [2.24, 2.45) is 18.9 Å². The highest BCUT2D eigenvalue weighted by Gasteiger charge is 2.42. The second-order valence-electron chi connectivity index (χ2n) is 7.90. The Kier molecular flexibility index (Phi) is 4.78. The third kappa shape index (κ3) is 3.28. The molecule has 1 aromatic heterocycles. The zero-order valence-corrected chi connectivity index (χ0v) is 15.9. The number of fused-ring (bicyclic) bond motifs is 1. The molecule has 4 unspecified atom stereocenters. The molecule has 6 heteroatoms. The van der Waals surface area contributed by atoms with Crippen LogP contribution >= 0.6 is 0 Å². The van der Waals surface area contributed by atoms with Gasteiger partial charge in [-0.3, -0.25) is 9.48 Å². The van der Waals surface area contributed by atoms with Gasteiger partial charge in [0.15, 0.2) is 0 Å². The minimum Gasteiger partial charge on any atom is -0.390 e. The van der Waals surface area contributed by atoms with E-state index < -0.39 is 12.2 Å². The van der Waals surface area contributed by atoms with E-state index >= 15 is 0 Å². The SMILES string of the molecule is CCc1c(-c2ccc(C(=O)N3CC4CC(O)C(O)CC4C3)cc2)cnn1C. The molecule has 0 bridgehead atoms. The van der Waals surface area contributed by atoms with Crippen LogP contribution in [0.5, 0.6) is 0 Å². The number of aryl methyl sites for hydroxylation is 1. The van der Waals surface area contributed by atoms with Crippen molar-refractivity contribution in [1.29, 1.82) is 0 Å². The van der Waals surface area contributed by atoms with Crippen molar-refractivity contribution in [1.82, 2.24) is 14.7 Å². The van der Waals surface area contributed by atoms with Crippen molar-refractivity contribution in [3.8, 4) is 11.1 Å². The number of rotatable bonds is 3. The van der Waals surface area contributed by atoms with Crippen molar-refractivity contribution >= 4 is 5.91 Å². The first-order valence-electron chi connectivity index (χ1n) is 9.74. The van der Waals surface area contributed by atoms with Crippen LogP contribution in [0.3, 0.4) is 0 Å². The molecule has 0 radical (unpaired) electrons. The molecule has 0 spiro atoms. The van der Waals surface area contributed by atoms with Crippen molar-refractivity contribution < 1.29 is 15.0 Å². The minimum atomic E-state index is -0.659. The van der Waals surface area contributed by atoms with E-state index in [0.717, 1.165) is 17.5 Å². The van der Waals surface area contributed by atoms with Crippen molar-refractivity contribution in [3.63, 3.8) is 0 Å². The van der Waals surface area contributed by atoms with Crippen molar-refractivity contribution in [2.45, 2.75) is 38.4 Å². The Balaban J connectivity index is 1.49. The van der Waals surface area contributed by atoms with Gasteiger partial charge >= 0.3 is 0 Å². The average Bonchev–Trinajstić information content (AvgIpc) is 3.24. The largest absolute Gasteiger partial charge is 0.390 e. The lowest BCUT2D eigenvalue weighted by molar-refractivity contribution is -0.0372. The lowest BCUT2D eigenvalue weighted by Gasteiger charge is -2.31. The summed E-state index contributed by atoms with van der Waals surface area (Å²) < 4.78 is 1.89. The summed E-state index contributed by atoms with van der Waals surface area (Å²) >= 11 is 0. The predicted molar refractivity (Wildman–Crippen MR) is 102 cm³/mol. The first-order chi connectivity index (χ1) is 13.0. The smallest absolute Gasteiger partial charge is 0.253 e. The first-order valence-corrected chi connectivity index (χ1v) is 9.74. The maximum Gasteiger partial charge on any atom is 0.253 e. The summed E-state index contributed by atoms with van der Waals surface area (Å²) in [6, 6.07) is 7.74. The molecular formula is C21H27N3O3. The molecule has 1 aliphatic carbocycles. The molecule has 2 fully saturated rings. The molecule has 4 rings (SSSR count).